The van der Waals surface area contributed by atoms with E-state index in [-0.39, 0.29) is 24.0 Å². The largest absolute Gasteiger partial charge is 0.490 e. The van der Waals surface area contributed by atoms with Crippen LogP contribution in [-0.4, -0.2) is 54.8 Å². The number of halogens is 3. The fourth-order valence-corrected chi connectivity index (χ4v) is 5.34. The molecule has 1 saturated heterocycles. The number of hydrogen-bond acceptors (Lipinski definition) is 6. The smallest absolute Gasteiger partial charge is 0.407 e. The summed E-state index contributed by atoms with van der Waals surface area (Å²) in [6, 6.07) is 8.77. The summed E-state index contributed by atoms with van der Waals surface area (Å²) in [7, 11) is 2.09. The highest BCUT2D eigenvalue weighted by molar-refractivity contribution is 6.05. The zero-order valence-corrected chi connectivity index (χ0v) is 23.0. The number of nitrogens with zero attached hydrogens (tertiary/aromatic N) is 2. The zero-order valence-electron chi connectivity index (χ0n) is 23.0. The Labute approximate surface area is 231 Å². The lowest BCUT2D eigenvalue weighted by Gasteiger charge is -2.29. The number of furan rings is 1. The first kappa shape index (κ1) is 28.2. The highest BCUT2D eigenvalue weighted by Gasteiger charge is 2.47. The Bertz CT molecular complexity index is 1420. The van der Waals surface area contributed by atoms with Crippen molar-refractivity contribution in [1.29, 1.82) is 5.26 Å². The number of alkyl halides is 3. The second-order valence-corrected chi connectivity index (χ2v) is 11.6. The van der Waals surface area contributed by atoms with E-state index < -0.39 is 29.7 Å². The summed E-state index contributed by atoms with van der Waals surface area (Å²) in [4.78, 5) is 15.2. The number of nitriles is 1. The van der Waals surface area contributed by atoms with Crippen LogP contribution in [0.4, 0.5) is 13.2 Å². The van der Waals surface area contributed by atoms with Crippen LogP contribution in [0.3, 0.4) is 0 Å². The van der Waals surface area contributed by atoms with Crippen LogP contribution in [0.2, 0.25) is 0 Å². The molecular weight excluding hydrogens is 521 g/mol. The van der Waals surface area contributed by atoms with Crippen molar-refractivity contribution in [2.45, 2.75) is 75.9 Å². The number of rotatable bonds is 9. The maximum absolute atomic E-state index is 14.4. The van der Waals surface area contributed by atoms with Crippen LogP contribution in [0.1, 0.15) is 57.6 Å². The molecule has 1 amide bonds. The first-order valence-corrected chi connectivity index (χ1v) is 13.8. The third-order valence-electron chi connectivity index (χ3n) is 7.81. The van der Waals surface area contributed by atoms with Crippen LogP contribution < -0.4 is 15.4 Å². The van der Waals surface area contributed by atoms with E-state index in [0.29, 0.717) is 35.1 Å². The van der Waals surface area contributed by atoms with Crippen molar-refractivity contribution in [3.63, 3.8) is 0 Å². The van der Waals surface area contributed by atoms with Gasteiger partial charge in [-0.05, 0) is 74.9 Å². The predicted molar refractivity (Wildman–Crippen MR) is 146 cm³/mol. The Morgan fingerprint density at radius 3 is 2.50 bits per heavy atom. The number of carbonyl (C=O) groups excluding carboxylic acids is 1. The lowest BCUT2D eigenvalue weighted by Crippen LogP contribution is -2.52. The lowest BCUT2D eigenvalue weighted by molar-refractivity contribution is -0.161. The molecule has 2 unspecified atom stereocenters. The maximum atomic E-state index is 14.4. The maximum Gasteiger partial charge on any atom is 0.407 e. The third-order valence-corrected chi connectivity index (χ3v) is 7.81. The topological polar surface area (TPSA) is 90.5 Å². The molecule has 214 valence electrons. The number of hydrogen-bond donors (Lipinski definition) is 2. The Balaban J connectivity index is 1.41. The van der Waals surface area contributed by atoms with Gasteiger partial charge in [0.25, 0.3) is 0 Å². The third kappa shape index (κ3) is 6.21. The van der Waals surface area contributed by atoms with Gasteiger partial charge in [0.15, 0.2) is 0 Å². The molecule has 2 atom stereocenters. The number of benzene rings is 2. The average Bonchev–Trinajstić information content (AvgIpc) is 3.58. The molecule has 2 N–H and O–H groups in total. The van der Waals surface area contributed by atoms with E-state index in [2.05, 4.69) is 28.7 Å². The van der Waals surface area contributed by atoms with E-state index in [0.717, 1.165) is 31.3 Å². The molecule has 2 aliphatic rings. The second-order valence-electron chi connectivity index (χ2n) is 11.6. The Kier molecular flexibility index (Phi) is 7.73. The molecule has 5 rings (SSSR count). The molecule has 1 aliphatic heterocycles. The van der Waals surface area contributed by atoms with Crippen molar-refractivity contribution < 1.29 is 27.1 Å². The summed E-state index contributed by atoms with van der Waals surface area (Å²) in [6.07, 6.45) is -1.49. The Hall–Kier alpha value is -3.29. The van der Waals surface area contributed by atoms with E-state index in [1.165, 1.54) is 12.1 Å². The Morgan fingerprint density at radius 2 is 1.88 bits per heavy atom. The summed E-state index contributed by atoms with van der Waals surface area (Å²) in [5.74, 6) is 0.0686. The minimum absolute atomic E-state index is 0.0434. The standard InChI is InChI=1S/C30H35F3N4O3/c1-18(2)14-24(28(38)36-29(17-34)10-11-29)35-27(30(31,32)33)19-4-6-22-23-16-21(5-7-25(23)40-26(22)15-19)39-20-8-12-37(3)13-9-20/h4-7,15-16,18,20,24,27,35H,8-14H2,1-3H3,(H,36,38). The number of likely N-dealkylation sites (tertiary alicyclic amines) is 1. The van der Waals surface area contributed by atoms with Gasteiger partial charge in [-0.25, -0.2) is 0 Å². The fraction of sp³-hybridized carbons (Fsp3) is 0.533. The molecule has 10 heteroatoms. The highest BCUT2D eigenvalue weighted by atomic mass is 19.4. The molecule has 2 fully saturated rings. The van der Waals surface area contributed by atoms with Crippen LogP contribution >= 0.6 is 0 Å². The van der Waals surface area contributed by atoms with Gasteiger partial charge in [-0.2, -0.15) is 18.4 Å². The first-order valence-electron chi connectivity index (χ1n) is 13.8. The number of nitrogens with one attached hydrogen (secondary N) is 2. The van der Waals surface area contributed by atoms with Gasteiger partial charge in [0, 0.05) is 23.9 Å². The number of amides is 1. The molecule has 1 aliphatic carbocycles. The minimum atomic E-state index is -4.67. The molecule has 0 bridgehead atoms. The van der Waals surface area contributed by atoms with E-state index in [9.17, 15) is 23.2 Å². The molecule has 0 radical (unpaired) electrons. The van der Waals surface area contributed by atoms with Gasteiger partial charge in [-0.1, -0.05) is 26.0 Å². The van der Waals surface area contributed by atoms with Crippen molar-refractivity contribution in [3.05, 3.63) is 42.0 Å². The molecule has 40 heavy (non-hydrogen) atoms. The molecule has 7 nitrogen and oxygen atoms in total. The SMILES string of the molecule is CC(C)CC(NC(c1ccc2c(c1)oc1ccc(OC3CCN(C)CC3)cc12)C(F)(F)F)C(=O)NC1(C#N)CC1. The fourth-order valence-electron chi connectivity index (χ4n) is 5.34. The van der Waals surface area contributed by atoms with Crippen LogP contribution in [0, 0.1) is 17.2 Å². The number of ether oxygens (including phenoxy) is 1. The molecule has 2 heterocycles. The number of carbonyl (C=O) groups is 1. The van der Waals surface area contributed by atoms with Crippen LogP contribution in [0.5, 0.6) is 5.75 Å². The summed E-state index contributed by atoms with van der Waals surface area (Å²) >= 11 is 0. The van der Waals surface area contributed by atoms with Crippen LogP contribution in [0.25, 0.3) is 21.9 Å². The van der Waals surface area contributed by atoms with Gasteiger partial charge in [-0.3, -0.25) is 10.1 Å². The minimum Gasteiger partial charge on any atom is -0.490 e. The van der Waals surface area contributed by atoms with Gasteiger partial charge >= 0.3 is 6.18 Å². The van der Waals surface area contributed by atoms with Gasteiger partial charge in [-0.15, -0.1) is 0 Å². The Morgan fingerprint density at radius 1 is 1.15 bits per heavy atom. The molecule has 0 spiro atoms. The lowest BCUT2D eigenvalue weighted by atomic mass is 9.98. The van der Waals surface area contributed by atoms with E-state index in [1.807, 2.05) is 26.0 Å². The van der Waals surface area contributed by atoms with Crippen molar-refractivity contribution in [2.24, 2.45) is 5.92 Å². The van der Waals surface area contributed by atoms with Crippen molar-refractivity contribution in [3.8, 4) is 11.8 Å². The molecule has 2 aromatic carbocycles. The van der Waals surface area contributed by atoms with E-state index in [1.54, 1.807) is 12.1 Å². The van der Waals surface area contributed by atoms with Gasteiger partial charge in [0.2, 0.25) is 5.91 Å². The van der Waals surface area contributed by atoms with Gasteiger partial charge in [0.05, 0.1) is 12.1 Å². The summed E-state index contributed by atoms with van der Waals surface area (Å²) in [5.41, 5.74) is -0.135. The summed E-state index contributed by atoms with van der Waals surface area (Å²) in [6.45, 7) is 5.62. The van der Waals surface area contributed by atoms with Crippen molar-refractivity contribution >= 4 is 27.8 Å². The molecule has 1 saturated carbocycles. The monoisotopic (exact) mass is 556 g/mol. The van der Waals surface area contributed by atoms with Crippen LogP contribution in [0.15, 0.2) is 40.8 Å². The van der Waals surface area contributed by atoms with Gasteiger partial charge in [0.1, 0.15) is 34.6 Å². The summed E-state index contributed by atoms with van der Waals surface area (Å²) in [5, 5.41) is 16.0. The second kappa shape index (κ2) is 10.9. The van der Waals surface area contributed by atoms with Crippen molar-refractivity contribution in [1.82, 2.24) is 15.5 Å². The van der Waals surface area contributed by atoms with Crippen molar-refractivity contribution in [2.75, 3.05) is 20.1 Å². The van der Waals surface area contributed by atoms with Gasteiger partial charge < -0.3 is 19.4 Å². The average molecular weight is 557 g/mol. The highest BCUT2D eigenvalue weighted by Crippen LogP contribution is 2.39. The zero-order chi connectivity index (χ0) is 28.7. The predicted octanol–water partition coefficient (Wildman–Crippen LogP) is 5.84. The quantitative estimate of drug-likeness (QED) is 0.344. The van der Waals surface area contributed by atoms with Crippen LogP contribution in [-0.2, 0) is 4.79 Å². The number of piperidine rings is 1. The molecular formula is C30H35F3N4O3. The number of fused-ring (bicyclic) bond motifs is 3. The van der Waals surface area contributed by atoms with E-state index >= 15 is 0 Å². The molecule has 3 aromatic rings. The molecule has 1 aromatic heterocycles. The normalized spacial score (nSPS) is 19.4. The summed E-state index contributed by atoms with van der Waals surface area (Å²) < 4.78 is 55.3. The first-order chi connectivity index (χ1) is 19.0. The van der Waals surface area contributed by atoms with E-state index in [4.69, 9.17) is 9.15 Å².